The molecule has 0 unspecified atom stereocenters. The van der Waals surface area contributed by atoms with Crippen LogP contribution in [-0.2, 0) is 10.0 Å². The molecule has 2 aromatic heterocycles. The zero-order valence-corrected chi connectivity index (χ0v) is 17.7. The van der Waals surface area contributed by atoms with E-state index in [1.807, 2.05) is 12.3 Å². The number of hydrogen-bond acceptors (Lipinski definition) is 5. The van der Waals surface area contributed by atoms with Crippen molar-refractivity contribution in [1.82, 2.24) is 19.3 Å². The number of anilines is 1. The van der Waals surface area contributed by atoms with Gasteiger partial charge in [-0.25, -0.2) is 22.7 Å². The van der Waals surface area contributed by atoms with E-state index in [0.717, 1.165) is 55.4 Å². The molecule has 1 saturated heterocycles. The second kappa shape index (κ2) is 7.99. The van der Waals surface area contributed by atoms with Crippen LogP contribution in [0.1, 0.15) is 45.4 Å². The van der Waals surface area contributed by atoms with Gasteiger partial charge in [-0.05, 0) is 56.4 Å². The molecule has 3 heterocycles. The zero-order valence-electron chi connectivity index (χ0n) is 16.8. The highest BCUT2D eigenvalue weighted by atomic mass is 32.2. The van der Waals surface area contributed by atoms with Crippen molar-refractivity contribution in [2.45, 2.75) is 51.5 Å². The van der Waals surface area contributed by atoms with E-state index in [9.17, 15) is 8.42 Å². The zero-order chi connectivity index (χ0) is 19.7. The van der Waals surface area contributed by atoms with Crippen molar-refractivity contribution in [3.05, 3.63) is 18.6 Å². The first-order chi connectivity index (χ1) is 13.4. The van der Waals surface area contributed by atoms with Gasteiger partial charge in [0.05, 0.1) is 11.1 Å². The van der Waals surface area contributed by atoms with Crippen LogP contribution in [0, 0.1) is 11.8 Å². The lowest BCUT2D eigenvalue weighted by Crippen LogP contribution is -2.43. The maximum Gasteiger partial charge on any atom is 0.214 e. The predicted molar refractivity (Wildman–Crippen MR) is 112 cm³/mol. The lowest BCUT2D eigenvalue weighted by molar-refractivity contribution is 0.275. The second-order valence-electron chi connectivity index (χ2n) is 8.61. The van der Waals surface area contributed by atoms with Crippen LogP contribution >= 0.6 is 0 Å². The van der Waals surface area contributed by atoms with Crippen molar-refractivity contribution >= 4 is 26.9 Å². The van der Waals surface area contributed by atoms with Gasteiger partial charge in [0.25, 0.3) is 0 Å². The molecule has 0 spiro atoms. The molecule has 1 aliphatic carbocycles. The molecule has 7 nitrogen and oxygen atoms in total. The van der Waals surface area contributed by atoms with Crippen molar-refractivity contribution in [3.63, 3.8) is 0 Å². The maximum absolute atomic E-state index is 12.8. The Bertz CT molecular complexity index is 904. The number of aromatic nitrogens is 3. The van der Waals surface area contributed by atoms with Crippen LogP contribution in [0.25, 0.3) is 11.0 Å². The molecule has 8 heteroatoms. The number of rotatable bonds is 5. The van der Waals surface area contributed by atoms with Crippen LogP contribution in [0.15, 0.2) is 18.6 Å². The van der Waals surface area contributed by atoms with Crippen LogP contribution in [-0.4, -0.2) is 59.6 Å². The van der Waals surface area contributed by atoms with Crippen molar-refractivity contribution < 1.29 is 8.42 Å². The Morgan fingerprint density at radius 2 is 2.00 bits per heavy atom. The SMILES string of the molecule is C[C@H]1CCCN(S(=O)(=O)CC2CCC(N(C)c3ncnc4[nH]ccc34)CC2)C1. The van der Waals surface area contributed by atoms with Gasteiger partial charge in [0.1, 0.15) is 17.8 Å². The number of aromatic amines is 1. The van der Waals surface area contributed by atoms with Gasteiger partial charge < -0.3 is 9.88 Å². The van der Waals surface area contributed by atoms with E-state index >= 15 is 0 Å². The molecule has 1 saturated carbocycles. The summed E-state index contributed by atoms with van der Waals surface area (Å²) in [5.74, 6) is 2.01. The van der Waals surface area contributed by atoms with Gasteiger partial charge in [0.2, 0.25) is 10.0 Å². The smallest absolute Gasteiger partial charge is 0.214 e. The average molecular weight is 406 g/mol. The molecule has 1 atom stereocenters. The summed E-state index contributed by atoms with van der Waals surface area (Å²) in [4.78, 5) is 14.1. The van der Waals surface area contributed by atoms with E-state index in [1.54, 1.807) is 10.6 Å². The Labute approximate surface area is 167 Å². The number of sulfonamides is 1. The number of hydrogen-bond donors (Lipinski definition) is 1. The van der Waals surface area contributed by atoms with Gasteiger partial charge in [-0.2, -0.15) is 0 Å². The number of piperidine rings is 1. The Kier molecular flexibility index (Phi) is 5.60. The highest BCUT2D eigenvalue weighted by Gasteiger charge is 2.32. The molecule has 0 aromatic carbocycles. The summed E-state index contributed by atoms with van der Waals surface area (Å²) >= 11 is 0. The fraction of sp³-hybridized carbons (Fsp3) is 0.700. The number of H-pyrrole nitrogens is 1. The second-order valence-corrected chi connectivity index (χ2v) is 10.6. The van der Waals surface area contributed by atoms with Gasteiger partial charge in [-0.3, -0.25) is 0 Å². The quantitative estimate of drug-likeness (QED) is 0.827. The van der Waals surface area contributed by atoms with Crippen LogP contribution in [0.4, 0.5) is 5.82 Å². The van der Waals surface area contributed by atoms with Gasteiger partial charge in [0, 0.05) is 32.4 Å². The largest absolute Gasteiger partial charge is 0.356 e. The molecule has 1 aliphatic heterocycles. The fourth-order valence-electron chi connectivity index (χ4n) is 4.81. The van der Waals surface area contributed by atoms with E-state index in [0.29, 0.717) is 30.8 Å². The minimum atomic E-state index is -3.13. The molecule has 2 aromatic rings. The summed E-state index contributed by atoms with van der Waals surface area (Å²) in [6.45, 7) is 3.54. The monoisotopic (exact) mass is 405 g/mol. The van der Waals surface area contributed by atoms with Crippen LogP contribution in [0.5, 0.6) is 0 Å². The van der Waals surface area contributed by atoms with Crippen molar-refractivity contribution in [2.75, 3.05) is 30.8 Å². The number of fused-ring (bicyclic) bond motifs is 1. The molecule has 2 fully saturated rings. The van der Waals surface area contributed by atoms with E-state index in [4.69, 9.17) is 0 Å². The highest BCUT2D eigenvalue weighted by Crippen LogP contribution is 2.32. The summed E-state index contributed by atoms with van der Waals surface area (Å²) in [7, 11) is -1.04. The Morgan fingerprint density at radius 3 is 2.75 bits per heavy atom. The Balaban J connectivity index is 1.36. The molecule has 28 heavy (non-hydrogen) atoms. The minimum absolute atomic E-state index is 0.268. The maximum atomic E-state index is 12.8. The molecule has 1 N–H and O–H groups in total. The third-order valence-electron chi connectivity index (χ3n) is 6.49. The predicted octanol–water partition coefficient (Wildman–Crippen LogP) is 3.01. The first-order valence-corrected chi connectivity index (χ1v) is 12.0. The van der Waals surface area contributed by atoms with E-state index in [2.05, 4.69) is 33.8 Å². The van der Waals surface area contributed by atoms with Gasteiger partial charge >= 0.3 is 0 Å². The van der Waals surface area contributed by atoms with Crippen molar-refractivity contribution in [2.24, 2.45) is 11.8 Å². The summed E-state index contributed by atoms with van der Waals surface area (Å²) in [6.07, 6.45) is 9.54. The molecule has 0 amide bonds. The molecule has 0 radical (unpaired) electrons. The number of nitrogens with zero attached hydrogens (tertiary/aromatic N) is 4. The first-order valence-electron chi connectivity index (χ1n) is 10.4. The van der Waals surface area contributed by atoms with Gasteiger partial charge in [0.15, 0.2) is 0 Å². The molecular weight excluding hydrogens is 374 g/mol. The summed E-state index contributed by atoms with van der Waals surface area (Å²) in [6, 6.07) is 2.40. The lowest BCUT2D eigenvalue weighted by atomic mass is 9.86. The normalized spacial score (nSPS) is 27.1. The van der Waals surface area contributed by atoms with Gasteiger partial charge in [-0.15, -0.1) is 0 Å². The van der Waals surface area contributed by atoms with E-state index in [1.165, 1.54) is 0 Å². The topological polar surface area (TPSA) is 82.2 Å². The van der Waals surface area contributed by atoms with E-state index < -0.39 is 10.0 Å². The van der Waals surface area contributed by atoms with Crippen LogP contribution in [0.2, 0.25) is 0 Å². The first kappa shape index (κ1) is 19.6. The summed E-state index contributed by atoms with van der Waals surface area (Å²) in [5.41, 5.74) is 0.854. The standard InChI is InChI=1S/C20H31N5O2S/c1-15-4-3-11-25(12-15)28(26,27)13-16-5-7-17(8-6-16)24(2)20-18-9-10-21-19(18)22-14-23-20/h9-10,14-17H,3-8,11-13H2,1-2H3,(H,21,22,23)/t15-,16?,17?/m0/s1. The molecule has 4 rings (SSSR count). The minimum Gasteiger partial charge on any atom is -0.356 e. The van der Waals surface area contributed by atoms with Crippen molar-refractivity contribution in [3.8, 4) is 0 Å². The van der Waals surface area contributed by atoms with Crippen molar-refractivity contribution in [1.29, 1.82) is 0 Å². The fourth-order valence-corrected chi connectivity index (χ4v) is 6.84. The summed E-state index contributed by atoms with van der Waals surface area (Å²) < 4.78 is 27.4. The third kappa shape index (κ3) is 4.03. The molecular formula is C20H31N5O2S. The van der Waals surface area contributed by atoms with Gasteiger partial charge in [-0.1, -0.05) is 6.92 Å². The Hall–Kier alpha value is -1.67. The number of nitrogens with one attached hydrogen (secondary N) is 1. The van der Waals surface area contributed by atoms with Crippen LogP contribution in [0.3, 0.4) is 0 Å². The van der Waals surface area contributed by atoms with Crippen LogP contribution < -0.4 is 4.90 Å². The van der Waals surface area contributed by atoms with E-state index in [-0.39, 0.29) is 5.92 Å². The molecule has 154 valence electrons. The highest BCUT2D eigenvalue weighted by molar-refractivity contribution is 7.89. The molecule has 0 bridgehead atoms. The average Bonchev–Trinajstić information content (AvgIpc) is 3.17. The molecule has 2 aliphatic rings. The lowest BCUT2D eigenvalue weighted by Gasteiger charge is -2.36. The Morgan fingerprint density at radius 1 is 1.21 bits per heavy atom. The summed E-state index contributed by atoms with van der Waals surface area (Å²) in [5, 5.41) is 1.04. The third-order valence-corrected chi connectivity index (χ3v) is 8.50.